The minimum absolute atomic E-state index is 0.0142. The van der Waals surface area contributed by atoms with E-state index in [4.69, 9.17) is 4.99 Å². The normalized spacial score (nSPS) is 16.2. The van der Waals surface area contributed by atoms with E-state index in [9.17, 15) is 10.1 Å². The molecule has 3 aromatic rings. The predicted octanol–water partition coefficient (Wildman–Crippen LogP) is 4.37. The number of hydrogen-bond acceptors (Lipinski definition) is 5. The Labute approximate surface area is 175 Å². The van der Waals surface area contributed by atoms with Crippen LogP contribution in [0.5, 0.6) is 0 Å². The molecule has 1 heterocycles. The number of hydrogen-bond donors (Lipinski definition) is 2. The molecule has 0 fully saturated rings. The number of nitro groups is 1. The quantitative estimate of drug-likeness (QED) is 0.343. The van der Waals surface area contributed by atoms with Crippen LogP contribution in [0.25, 0.3) is 0 Å². The first-order valence-electron chi connectivity index (χ1n) is 9.27. The van der Waals surface area contributed by atoms with Gasteiger partial charge in [-0.3, -0.25) is 0 Å². The van der Waals surface area contributed by atoms with Crippen molar-refractivity contribution < 1.29 is 4.92 Å². The Morgan fingerprint density at radius 1 is 1.03 bits per heavy atom. The molecular weight excluding hydrogens is 431 g/mol. The van der Waals surface area contributed by atoms with Gasteiger partial charge in [-0.05, 0) is 0 Å². The van der Waals surface area contributed by atoms with Gasteiger partial charge in [-0.15, -0.1) is 0 Å². The molecule has 0 aromatic heterocycles. The molecule has 2 unspecified atom stereocenters. The summed E-state index contributed by atoms with van der Waals surface area (Å²) in [6, 6.07) is 24.9. The molecule has 29 heavy (non-hydrogen) atoms. The number of para-hydroxylation sites is 2. The van der Waals surface area contributed by atoms with Crippen LogP contribution < -0.4 is 15.1 Å². The van der Waals surface area contributed by atoms with E-state index in [1.165, 1.54) is 16.6 Å². The standard InChI is InChI=1S/C22H20N4O2Se/c1-15(29-18-7-3-2-4-8-18)21-22(25-20-10-6-5-9-19(20)24-21)23-16-11-13-17(14-12-16)26(27)28/h2-15,21,24H,1H3,(H,23,25). The molecule has 1 aliphatic heterocycles. The van der Waals surface area contributed by atoms with Crippen LogP contribution in [-0.4, -0.2) is 31.8 Å². The number of aliphatic imine (C=N–C) groups is 1. The van der Waals surface area contributed by atoms with Crippen LogP contribution in [0.2, 0.25) is 4.82 Å². The molecule has 0 saturated carbocycles. The second-order valence-corrected chi connectivity index (χ2v) is 9.74. The molecule has 7 heteroatoms. The predicted molar refractivity (Wildman–Crippen MR) is 119 cm³/mol. The third kappa shape index (κ3) is 4.47. The first kappa shape index (κ1) is 19.2. The Hall–Kier alpha value is -3.15. The summed E-state index contributed by atoms with van der Waals surface area (Å²) in [5.41, 5.74) is 2.75. The summed E-state index contributed by atoms with van der Waals surface area (Å²) < 4.78 is 1.34. The number of non-ortho nitro benzene ring substituents is 1. The van der Waals surface area contributed by atoms with Gasteiger partial charge in [0.1, 0.15) is 0 Å². The van der Waals surface area contributed by atoms with Crippen LogP contribution >= 0.6 is 0 Å². The molecule has 0 aliphatic carbocycles. The van der Waals surface area contributed by atoms with Gasteiger partial charge < -0.3 is 0 Å². The molecular formula is C22H20N4O2Se. The SMILES string of the molecule is CC([Se]c1ccccc1)C1Nc2ccccc2N=C1Nc1ccc([N+](=O)[O-])cc1. The average molecular weight is 451 g/mol. The zero-order valence-electron chi connectivity index (χ0n) is 15.8. The van der Waals surface area contributed by atoms with Crippen LogP contribution in [0.15, 0.2) is 83.9 Å². The Morgan fingerprint density at radius 3 is 2.45 bits per heavy atom. The average Bonchev–Trinajstić information content (AvgIpc) is 2.74. The summed E-state index contributed by atoms with van der Waals surface area (Å²) in [5, 5.41) is 17.9. The van der Waals surface area contributed by atoms with Gasteiger partial charge >= 0.3 is 175 Å². The summed E-state index contributed by atoms with van der Waals surface area (Å²) >= 11 is 0.253. The van der Waals surface area contributed by atoms with E-state index in [1.807, 2.05) is 30.3 Å². The van der Waals surface area contributed by atoms with Crippen LogP contribution in [0, 0.1) is 10.1 Å². The van der Waals surface area contributed by atoms with Crippen molar-refractivity contribution in [2.75, 3.05) is 10.6 Å². The van der Waals surface area contributed by atoms with Gasteiger partial charge in [0.05, 0.1) is 0 Å². The van der Waals surface area contributed by atoms with Crippen molar-refractivity contribution in [1.29, 1.82) is 0 Å². The fourth-order valence-corrected chi connectivity index (χ4v) is 5.43. The zero-order chi connectivity index (χ0) is 20.2. The summed E-state index contributed by atoms with van der Waals surface area (Å²) in [7, 11) is 0. The molecule has 0 bridgehead atoms. The van der Waals surface area contributed by atoms with E-state index < -0.39 is 4.92 Å². The first-order valence-corrected chi connectivity index (χ1v) is 11.1. The van der Waals surface area contributed by atoms with E-state index in [-0.39, 0.29) is 26.7 Å². The van der Waals surface area contributed by atoms with Crippen molar-refractivity contribution in [2.24, 2.45) is 4.99 Å². The van der Waals surface area contributed by atoms with E-state index in [0.717, 1.165) is 22.9 Å². The van der Waals surface area contributed by atoms with Crippen LogP contribution in [0.1, 0.15) is 6.92 Å². The van der Waals surface area contributed by atoms with Crippen LogP contribution in [0.4, 0.5) is 22.7 Å². The van der Waals surface area contributed by atoms with Gasteiger partial charge in [0, 0.05) is 0 Å². The van der Waals surface area contributed by atoms with E-state index in [0.29, 0.717) is 4.82 Å². The molecule has 146 valence electrons. The number of benzene rings is 3. The number of nitrogens with one attached hydrogen (secondary N) is 2. The molecule has 2 atom stereocenters. The van der Waals surface area contributed by atoms with Gasteiger partial charge in [0.25, 0.3) is 0 Å². The number of fused-ring (bicyclic) bond motifs is 1. The van der Waals surface area contributed by atoms with Crippen LogP contribution in [-0.2, 0) is 0 Å². The van der Waals surface area contributed by atoms with E-state index in [1.54, 1.807) is 12.1 Å². The first-order chi connectivity index (χ1) is 14.1. The van der Waals surface area contributed by atoms with Crippen molar-refractivity contribution in [1.82, 2.24) is 0 Å². The zero-order valence-corrected chi connectivity index (χ0v) is 17.5. The Bertz CT molecular complexity index is 1040. The molecule has 0 saturated heterocycles. The van der Waals surface area contributed by atoms with Gasteiger partial charge in [-0.25, -0.2) is 0 Å². The molecule has 3 aromatic carbocycles. The van der Waals surface area contributed by atoms with Crippen molar-refractivity contribution in [3.05, 3.63) is 89.0 Å². The Morgan fingerprint density at radius 2 is 1.72 bits per heavy atom. The molecule has 2 N–H and O–H groups in total. The van der Waals surface area contributed by atoms with Crippen molar-refractivity contribution in [3.8, 4) is 0 Å². The second kappa shape index (κ2) is 8.47. The number of nitro benzene ring substituents is 1. The topological polar surface area (TPSA) is 79.6 Å². The molecule has 1 aliphatic rings. The second-order valence-electron chi connectivity index (χ2n) is 6.70. The number of rotatable bonds is 5. The number of anilines is 2. The maximum absolute atomic E-state index is 10.9. The molecule has 0 amide bonds. The Kier molecular flexibility index (Phi) is 5.60. The van der Waals surface area contributed by atoms with Gasteiger partial charge in [0.15, 0.2) is 0 Å². The summed E-state index contributed by atoms with van der Waals surface area (Å²) in [6.45, 7) is 2.23. The molecule has 4 rings (SSSR count). The van der Waals surface area contributed by atoms with Gasteiger partial charge in [-0.1, -0.05) is 0 Å². The van der Waals surface area contributed by atoms with Crippen molar-refractivity contribution in [3.63, 3.8) is 0 Å². The number of nitrogens with zero attached hydrogens (tertiary/aromatic N) is 2. The third-order valence-electron chi connectivity index (χ3n) is 4.64. The van der Waals surface area contributed by atoms with Gasteiger partial charge in [0.2, 0.25) is 0 Å². The fourth-order valence-electron chi connectivity index (χ4n) is 3.17. The third-order valence-corrected chi connectivity index (χ3v) is 7.13. The molecule has 0 radical (unpaired) electrons. The minimum atomic E-state index is -0.396. The molecule has 0 spiro atoms. The van der Waals surface area contributed by atoms with E-state index in [2.05, 4.69) is 41.8 Å². The van der Waals surface area contributed by atoms with Crippen LogP contribution in [0.3, 0.4) is 0 Å². The summed E-state index contributed by atoms with van der Waals surface area (Å²) in [6.07, 6.45) is 0. The summed E-state index contributed by atoms with van der Waals surface area (Å²) in [4.78, 5) is 15.7. The summed E-state index contributed by atoms with van der Waals surface area (Å²) in [5.74, 6) is 0.822. The van der Waals surface area contributed by atoms with E-state index >= 15 is 0 Å². The van der Waals surface area contributed by atoms with Crippen molar-refractivity contribution in [2.45, 2.75) is 17.8 Å². The van der Waals surface area contributed by atoms with Gasteiger partial charge in [-0.2, -0.15) is 0 Å². The fraction of sp³-hybridized carbons (Fsp3) is 0.136. The maximum atomic E-state index is 10.9. The Balaban J connectivity index is 1.61. The molecule has 6 nitrogen and oxygen atoms in total. The number of amidine groups is 1. The monoisotopic (exact) mass is 452 g/mol. The van der Waals surface area contributed by atoms with Crippen molar-refractivity contribution >= 4 is 48.0 Å².